The number of rotatable bonds is 15. The summed E-state index contributed by atoms with van der Waals surface area (Å²) in [6.07, 6.45) is 2.68. The number of hydrogen-bond acceptors (Lipinski definition) is 11. The third-order valence-corrected chi connectivity index (χ3v) is 11.0. The number of fused-ring (bicyclic) bond motifs is 1. The SMILES string of the molecule is COc1cc(Nc2cc(Oc3ccc(NC(=O)Nc4cc(C(C)(C)C)cc(NS(C)(=O)=O)c4OC)c4ccccc34)ccn2)ccc1C(=O)NCCN1CCN(C(C)C)CC1. The first-order chi connectivity index (χ1) is 29.0. The van der Waals surface area contributed by atoms with E-state index in [9.17, 15) is 18.0 Å². The molecule has 61 heavy (non-hydrogen) atoms. The lowest BCUT2D eigenvalue weighted by Crippen LogP contribution is -2.50. The maximum Gasteiger partial charge on any atom is 0.323 e. The van der Waals surface area contributed by atoms with Crippen LogP contribution in [0.4, 0.5) is 33.4 Å². The summed E-state index contributed by atoms with van der Waals surface area (Å²) in [5.41, 5.74) is 2.55. The molecule has 5 N–H and O–H groups in total. The molecule has 1 aliphatic heterocycles. The Morgan fingerprint density at radius 2 is 1.52 bits per heavy atom. The minimum atomic E-state index is -3.64. The molecule has 16 heteroatoms. The van der Waals surface area contributed by atoms with Gasteiger partial charge in [0.15, 0.2) is 5.75 Å². The summed E-state index contributed by atoms with van der Waals surface area (Å²) in [5, 5.41) is 13.6. The van der Waals surface area contributed by atoms with Gasteiger partial charge in [-0.2, -0.15) is 0 Å². The smallest absolute Gasteiger partial charge is 0.323 e. The van der Waals surface area contributed by atoms with Gasteiger partial charge < -0.3 is 35.5 Å². The molecule has 0 bridgehead atoms. The largest absolute Gasteiger partial charge is 0.496 e. The van der Waals surface area contributed by atoms with Gasteiger partial charge in [-0.25, -0.2) is 18.2 Å². The van der Waals surface area contributed by atoms with E-state index in [0.29, 0.717) is 58.3 Å². The van der Waals surface area contributed by atoms with Crippen molar-refractivity contribution in [2.75, 3.05) is 80.4 Å². The number of aromatic nitrogens is 1. The van der Waals surface area contributed by atoms with Gasteiger partial charge in [0.05, 0.1) is 43.1 Å². The Kier molecular flexibility index (Phi) is 13.9. The third kappa shape index (κ3) is 11.6. The van der Waals surface area contributed by atoms with Crippen LogP contribution in [0.3, 0.4) is 0 Å². The van der Waals surface area contributed by atoms with Gasteiger partial charge in [-0.15, -0.1) is 0 Å². The Morgan fingerprint density at radius 3 is 2.20 bits per heavy atom. The van der Waals surface area contributed by atoms with Crippen LogP contribution in [-0.2, 0) is 15.4 Å². The zero-order chi connectivity index (χ0) is 43.9. The van der Waals surface area contributed by atoms with Gasteiger partial charge in [0.1, 0.15) is 23.1 Å². The highest BCUT2D eigenvalue weighted by molar-refractivity contribution is 7.92. The van der Waals surface area contributed by atoms with E-state index in [2.05, 4.69) is 54.6 Å². The van der Waals surface area contributed by atoms with Gasteiger partial charge in [-0.1, -0.05) is 45.0 Å². The quantitative estimate of drug-likeness (QED) is 0.0694. The van der Waals surface area contributed by atoms with Gasteiger partial charge in [-0.3, -0.25) is 19.3 Å². The van der Waals surface area contributed by atoms with E-state index in [4.69, 9.17) is 14.2 Å². The van der Waals surface area contributed by atoms with E-state index >= 15 is 0 Å². The molecule has 0 atom stereocenters. The minimum absolute atomic E-state index is 0.171. The number of carbonyl (C=O) groups is 2. The van der Waals surface area contributed by atoms with E-state index in [1.54, 1.807) is 60.8 Å². The molecule has 1 fully saturated rings. The van der Waals surface area contributed by atoms with Gasteiger partial charge in [-0.05, 0) is 67.3 Å². The highest BCUT2D eigenvalue weighted by Crippen LogP contribution is 2.40. The highest BCUT2D eigenvalue weighted by Gasteiger charge is 2.23. The summed E-state index contributed by atoms with van der Waals surface area (Å²) in [6.45, 7) is 15.8. The lowest BCUT2D eigenvalue weighted by atomic mass is 9.86. The number of methoxy groups -OCH3 is 2. The highest BCUT2D eigenvalue weighted by atomic mass is 32.2. The van der Waals surface area contributed by atoms with Crippen molar-refractivity contribution in [2.45, 2.75) is 46.1 Å². The number of piperazine rings is 1. The molecule has 1 aromatic heterocycles. The Morgan fingerprint density at radius 1 is 0.820 bits per heavy atom. The Labute approximate surface area is 358 Å². The molecule has 0 spiro atoms. The fourth-order valence-electron chi connectivity index (χ4n) is 7.10. The van der Waals surface area contributed by atoms with Crippen LogP contribution in [0.2, 0.25) is 0 Å². The molecule has 15 nitrogen and oxygen atoms in total. The number of anilines is 5. The molecule has 0 aliphatic carbocycles. The fraction of sp³-hybridized carbons (Fsp3) is 0.356. The van der Waals surface area contributed by atoms with Crippen molar-refractivity contribution < 1.29 is 32.2 Å². The van der Waals surface area contributed by atoms with Crippen molar-refractivity contribution in [3.63, 3.8) is 0 Å². The van der Waals surface area contributed by atoms with Gasteiger partial charge in [0, 0.05) is 80.1 Å². The van der Waals surface area contributed by atoms with Crippen LogP contribution in [0.15, 0.2) is 85.1 Å². The lowest BCUT2D eigenvalue weighted by Gasteiger charge is -2.36. The number of hydrogen-bond donors (Lipinski definition) is 5. The van der Waals surface area contributed by atoms with Crippen LogP contribution in [0.5, 0.6) is 23.0 Å². The van der Waals surface area contributed by atoms with Crippen molar-refractivity contribution in [3.05, 3.63) is 96.2 Å². The molecular formula is C45H56N8O7S. The number of ether oxygens (including phenoxy) is 3. The maximum atomic E-state index is 13.5. The molecule has 0 saturated carbocycles. The minimum Gasteiger partial charge on any atom is -0.496 e. The number of amides is 3. The van der Waals surface area contributed by atoms with E-state index in [1.807, 2.05) is 45.0 Å². The van der Waals surface area contributed by atoms with Crippen molar-refractivity contribution in [2.24, 2.45) is 0 Å². The van der Waals surface area contributed by atoms with Crippen molar-refractivity contribution in [1.29, 1.82) is 0 Å². The molecule has 1 saturated heterocycles. The molecule has 0 unspecified atom stereocenters. The summed E-state index contributed by atoms with van der Waals surface area (Å²) in [7, 11) is -0.700. The molecule has 1 aliphatic rings. The van der Waals surface area contributed by atoms with Gasteiger partial charge in [0.2, 0.25) is 10.0 Å². The van der Waals surface area contributed by atoms with Gasteiger partial charge in [0.25, 0.3) is 5.91 Å². The molecule has 0 radical (unpaired) electrons. The Balaban J connectivity index is 1.12. The first-order valence-corrected chi connectivity index (χ1v) is 22.0. The first-order valence-electron chi connectivity index (χ1n) is 20.1. The topological polar surface area (TPSA) is 175 Å². The molecule has 6 rings (SSSR count). The van der Waals surface area contributed by atoms with Crippen molar-refractivity contribution in [3.8, 4) is 23.0 Å². The average Bonchev–Trinajstić information content (AvgIpc) is 3.21. The van der Waals surface area contributed by atoms with Gasteiger partial charge >= 0.3 is 6.03 Å². The van der Waals surface area contributed by atoms with Crippen LogP contribution < -0.4 is 40.2 Å². The third-order valence-electron chi connectivity index (χ3n) is 10.4. The zero-order valence-electron chi connectivity index (χ0n) is 36.0. The molecule has 5 aromatic rings. The fourth-order valence-corrected chi connectivity index (χ4v) is 7.65. The van der Waals surface area contributed by atoms with Crippen LogP contribution in [-0.4, -0.2) is 101 Å². The molecule has 4 aromatic carbocycles. The van der Waals surface area contributed by atoms with Crippen molar-refractivity contribution in [1.82, 2.24) is 20.1 Å². The summed E-state index contributed by atoms with van der Waals surface area (Å²) >= 11 is 0. The van der Waals surface area contributed by atoms with Crippen LogP contribution in [0.25, 0.3) is 10.8 Å². The second-order valence-electron chi connectivity index (χ2n) is 16.2. The molecule has 324 valence electrons. The number of pyridine rings is 1. The predicted octanol–water partition coefficient (Wildman–Crippen LogP) is 7.86. The summed E-state index contributed by atoms with van der Waals surface area (Å²) < 4.78 is 44.4. The molecule has 2 heterocycles. The van der Waals surface area contributed by atoms with Crippen LogP contribution in [0, 0.1) is 0 Å². The van der Waals surface area contributed by atoms with Crippen LogP contribution in [0.1, 0.15) is 50.5 Å². The first kappa shape index (κ1) is 44.5. The second kappa shape index (κ2) is 19.1. The maximum absolute atomic E-state index is 13.5. The number of benzene rings is 4. The molecule has 3 amide bonds. The number of carbonyl (C=O) groups excluding carboxylic acids is 2. The van der Waals surface area contributed by atoms with E-state index < -0.39 is 16.1 Å². The Bertz CT molecular complexity index is 2480. The Hall–Kier alpha value is -6.10. The number of nitrogens with one attached hydrogen (secondary N) is 5. The van der Waals surface area contributed by atoms with E-state index in [-0.39, 0.29) is 22.8 Å². The standard InChI is InChI=1S/C45H56N8O7S/c1-29(2)53-23-21-52(22-24-53)20-19-47-43(54)35-14-13-31(27-40(35)58-6)48-41-28-32(17-18-46-41)60-39-16-15-36(33-11-9-10-12-34(33)39)49-44(55)50-37-25-30(45(3,4)5)26-38(42(37)59-7)51-61(8,56)57/h9-18,25-29,51H,19-24H2,1-8H3,(H,46,48)(H,47,54)(H2,49,50,55). The van der Waals surface area contributed by atoms with Crippen LogP contribution >= 0.6 is 0 Å². The second-order valence-corrected chi connectivity index (χ2v) is 18.0. The van der Waals surface area contributed by atoms with E-state index in [1.165, 1.54) is 14.2 Å². The summed E-state index contributed by atoms with van der Waals surface area (Å²) in [5.74, 6) is 1.97. The lowest BCUT2D eigenvalue weighted by molar-refractivity contribution is 0.0918. The average molecular weight is 853 g/mol. The zero-order valence-corrected chi connectivity index (χ0v) is 36.8. The normalized spacial score (nSPS) is 13.7. The number of sulfonamides is 1. The number of urea groups is 1. The van der Waals surface area contributed by atoms with Crippen molar-refractivity contribution >= 4 is 61.3 Å². The summed E-state index contributed by atoms with van der Waals surface area (Å²) in [6, 6.07) is 23.3. The monoisotopic (exact) mass is 852 g/mol. The predicted molar refractivity (Wildman–Crippen MR) is 243 cm³/mol. The number of nitrogens with zero attached hydrogens (tertiary/aromatic N) is 3. The molecular weight excluding hydrogens is 797 g/mol. The summed E-state index contributed by atoms with van der Waals surface area (Å²) in [4.78, 5) is 36.0. The van der Waals surface area contributed by atoms with E-state index in [0.717, 1.165) is 55.3 Å².